The lowest BCUT2D eigenvalue weighted by Gasteiger charge is -2.26. The number of amides is 1. The van der Waals surface area contributed by atoms with Gasteiger partial charge in [0.05, 0.1) is 0 Å². The van der Waals surface area contributed by atoms with E-state index in [4.69, 9.17) is 0 Å². The standard InChI is InChI=1S/C31H36N2OS/c1-5-29(6-2)33(4)21-23-9-14-28(15-10-23)32-31(34)26-17-18-35-30-16-13-25(19-27(30)20-26)24-11-7-22(3)8-12-24/h7-16,19-20,29H,5-6,17-18,21H2,1-4H3,(H,32,34). The van der Waals surface area contributed by atoms with E-state index in [2.05, 4.69) is 98.7 Å². The molecule has 4 heteroatoms. The first-order valence-electron chi connectivity index (χ1n) is 12.6. The quantitative estimate of drug-likeness (QED) is 0.354. The van der Waals surface area contributed by atoms with E-state index in [9.17, 15) is 4.79 Å². The van der Waals surface area contributed by atoms with Gasteiger partial charge >= 0.3 is 0 Å². The van der Waals surface area contributed by atoms with E-state index in [1.165, 1.54) is 27.1 Å². The van der Waals surface area contributed by atoms with Gasteiger partial charge in [-0.15, -0.1) is 11.8 Å². The Morgan fingerprint density at radius 1 is 0.971 bits per heavy atom. The van der Waals surface area contributed by atoms with Crippen molar-refractivity contribution >= 4 is 29.4 Å². The van der Waals surface area contributed by atoms with Crippen LogP contribution in [0, 0.1) is 6.92 Å². The highest BCUT2D eigenvalue weighted by atomic mass is 32.2. The van der Waals surface area contributed by atoms with Gasteiger partial charge in [0.2, 0.25) is 0 Å². The molecular formula is C31H36N2OS. The summed E-state index contributed by atoms with van der Waals surface area (Å²) in [6.45, 7) is 7.51. The number of hydrogen-bond acceptors (Lipinski definition) is 3. The van der Waals surface area contributed by atoms with Crippen molar-refractivity contribution in [1.29, 1.82) is 0 Å². The maximum absolute atomic E-state index is 13.2. The van der Waals surface area contributed by atoms with Crippen LogP contribution in [-0.2, 0) is 11.3 Å². The molecule has 1 aliphatic heterocycles. The van der Waals surface area contributed by atoms with Gasteiger partial charge in [-0.2, -0.15) is 0 Å². The van der Waals surface area contributed by atoms with Gasteiger partial charge in [-0.25, -0.2) is 0 Å². The van der Waals surface area contributed by atoms with E-state index in [0.717, 1.165) is 48.4 Å². The van der Waals surface area contributed by atoms with Crippen molar-refractivity contribution in [3.8, 4) is 11.1 Å². The Kier molecular flexibility index (Phi) is 8.48. The van der Waals surface area contributed by atoms with Gasteiger partial charge in [-0.1, -0.05) is 61.9 Å². The van der Waals surface area contributed by atoms with Crippen LogP contribution < -0.4 is 5.32 Å². The molecule has 0 aromatic heterocycles. The molecular weight excluding hydrogens is 448 g/mol. The summed E-state index contributed by atoms with van der Waals surface area (Å²) >= 11 is 1.82. The molecule has 1 N–H and O–H groups in total. The zero-order valence-electron chi connectivity index (χ0n) is 21.3. The maximum atomic E-state index is 13.2. The average molecular weight is 485 g/mol. The SMILES string of the molecule is CCC(CC)N(C)Cc1ccc(NC(=O)C2=Cc3cc(-c4ccc(C)cc4)ccc3SCC2)cc1. The second-order valence-corrected chi connectivity index (χ2v) is 10.6. The minimum atomic E-state index is -0.0129. The molecule has 0 saturated heterocycles. The third-order valence-corrected chi connectivity index (χ3v) is 7.95. The average Bonchev–Trinajstić information content (AvgIpc) is 3.08. The molecule has 0 atom stereocenters. The van der Waals surface area contributed by atoms with Gasteiger partial charge < -0.3 is 5.32 Å². The van der Waals surface area contributed by atoms with Crippen LogP contribution in [0.2, 0.25) is 0 Å². The molecule has 1 amide bonds. The lowest BCUT2D eigenvalue weighted by Crippen LogP contribution is -2.29. The fourth-order valence-corrected chi connectivity index (χ4v) is 5.65. The molecule has 3 aromatic rings. The molecule has 182 valence electrons. The molecule has 3 nitrogen and oxygen atoms in total. The number of anilines is 1. The normalized spacial score (nSPS) is 13.4. The zero-order valence-corrected chi connectivity index (χ0v) is 22.1. The van der Waals surface area contributed by atoms with Crippen molar-refractivity contribution in [2.24, 2.45) is 0 Å². The largest absolute Gasteiger partial charge is 0.322 e. The zero-order chi connectivity index (χ0) is 24.8. The van der Waals surface area contributed by atoms with Crippen molar-refractivity contribution in [1.82, 2.24) is 4.90 Å². The van der Waals surface area contributed by atoms with Crippen LogP contribution in [0.15, 0.2) is 77.2 Å². The van der Waals surface area contributed by atoms with Gasteiger partial charge in [0, 0.05) is 34.5 Å². The van der Waals surface area contributed by atoms with E-state index in [-0.39, 0.29) is 5.91 Å². The van der Waals surface area contributed by atoms with Crippen LogP contribution in [0.3, 0.4) is 0 Å². The van der Waals surface area contributed by atoms with Crippen molar-refractivity contribution in [2.75, 3.05) is 18.1 Å². The summed E-state index contributed by atoms with van der Waals surface area (Å²) in [6, 6.07) is 24.0. The number of benzene rings is 3. The number of nitrogens with one attached hydrogen (secondary N) is 1. The number of nitrogens with zero attached hydrogens (tertiary/aromatic N) is 1. The van der Waals surface area contributed by atoms with E-state index < -0.39 is 0 Å². The second-order valence-electron chi connectivity index (χ2n) is 9.42. The lowest BCUT2D eigenvalue weighted by molar-refractivity contribution is -0.112. The number of carbonyl (C=O) groups is 1. The van der Waals surface area contributed by atoms with Crippen molar-refractivity contribution in [3.63, 3.8) is 0 Å². The van der Waals surface area contributed by atoms with Crippen molar-refractivity contribution in [2.45, 2.75) is 57.5 Å². The van der Waals surface area contributed by atoms with Crippen molar-refractivity contribution in [3.05, 3.63) is 89.0 Å². The number of fused-ring (bicyclic) bond motifs is 1. The Morgan fingerprint density at radius 2 is 1.66 bits per heavy atom. The predicted octanol–water partition coefficient (Wildman–Crippen LogP) is 7.80. The van der Waals surface area contributed by atoms with Gasteiger partial charge in [-0.3, -0.25) is 9.69 Å². The molecule has 0 fully saturated rings. The van der Waals surface area contributed by atoms with Crippen LogP contribution in [0.1, 0.15) is 49.8 Å². The minimum absolute atomic E-state index is 0.0129. The number of hydrogen-bond donors (Lipinski definition) is 1. The molecule has 35 heavy (non-hydrogen) atoms. The third kappa shape index (κ3) is 6.45. The monoisotopic (exact) mass is 484 g/mol. The summed E-state index contributed by atoms with van der Waals surface area (Å²) in [5, 5.41) is 3.12. The van der Waals surface area contributed by atoms with Gasteiger partial charge in [0.25, 0.3) is 5.91 Å². The number of aryl methyl sites for hydroxylation is 1. The second kappa shape index (κ2) is 11.7. The van der Waals surface area contributed by atoms with E-state index in [0.29, 0.717) is 6.04 Å². The molecule has 0 aliphatic carbocycles. The van der Waals surface area contributed by atoms with E-state index >= 15 is 0 Å². The first kappa shape index (κ1) is 25.3. The van der Waals surface area contributed by atoms with Gasteiger partial charge in [-0.05, 0) is 85.8 Å². The molecule has 0 bridgehead atoms. The number of carbonyl (C=O) groups excluding carboxylic acids is 1. The molecule has 1 heterocycles. The fraction of sp³-hybridized carbons (Fsp3) is 0.323. The van der Waals surface area contributed by atoms with Crippen LogP contribution >= 0.6 is 11.8 Å². The topological polar surface area (TPSA) is 32.3 Å². The lowest BCUT2D eigenvalue weighted by atomic mass is 10.0. The van der Waals surface area contributed by atoms with Crippen molar-refractivity contribution < 1.29 is 4.79 Å². The fourth-order valence-electron chi connectivity index (χ4n) is 4.66. The van der Waals surface area contributed by atoms with Gasteiger partial charge in [0.1, 0.15) is 0 Å². The summed E-state index contributed by atoms with van der Waals surface area (Å²) in [5.74, 6) is 0.887. The molecule has 3 aromatic carbocycles. The smallest absolute Gasteiger partial charge is 0.251 e. The molecule has 0 spiro atoms. The predicted molar refractivity (Wildman–Crippen MR) is 151 cm³/mol. The highest BCUT2D eigenvalue weighted by molar-refractivity contribution is 7.99. The first-order valence-corrected chi connectivity index (χ1v) is 13.6. The van der Waals surface area contributed by atoms with Gasteiger partial charge in [0.15, 0.2) is 0 Å². The number of rotatable bonds is 8. The summed E-state index contributed by atoms with van der Waals surface area (Å²) < 4.78 is 0. The highest BCUT2D eigenvalue weighted by Gasteiger charge is 2.16. The Balaban J connectivity index is 1.47. The molecule has 1 aliphatic rings. The molecule has 4 rings (SSSR count). The Labute approximate surface area is 214 Å². The third-order valence-electron chi connectivity index (χ3n) is 6.85. The first-order chi connectivity index (χ1) is 17.0. The highest BCUT2D eigenvalue weighted by Crippen LogP contribution is 2.34. The molecule has 0 radical (unpaired) electrons. The van der Waals surface area contributed by atoms with Crippen LogP contribution in [-0.4, -0.2) is 29.6 Å². The molecule has 0 saturated carbocycles. The number of thioether (sulfide) groups is 1. The Bertz CT molecular complexity index is 1180. The summed E-state index contributed by atoms with van der Waals surface area (Å²) in [5.41, 5.74) is 7.68. The van der Waals surface area contributed by atoms with Crippen LogP contribution in [0.4, 0.5) is 5.69 Å². The summed E-state index contributed by atoms with van der Waals surface area (Å²) in [7, 11) is 2.19. The van der Waals surface area contributed by atoms with E-state index in [1.807, 2.05) is 23.9 Å². The van der Waals surface area contributed by atoms with Crippen LogP contribution in [0.5, 0.6) is 0 Å². The molecule has 0 unspecified atom stereocenters. The van der Waals surface area contributed by atoms with E-state index in [1.54, 1.807) is 0 Å². The summed E-state index contributed by atoms with van der Waals surface area (Å²) in [6.07, 6.45) is 5.14. The minimum Gasteiger partial charge on any atom is -0.322 e. The Hall–Kier alpha value is -2.82. The maximum Gasteiger partial charge on any atom is 0.251 e. The summed E-state index contributed by atoms with van der Waals surface area (Å²) in [4.78, 5) is 16.8. The van der Waals surface area contributed by atoms with Crippen LogP contribution in [0.25, 0.3) is 17.2 Å². The Morgan fingerprint density at radius 3 is 2.34 bits per heavy atom.